The second-order valence-electron chi connectivity index (χ2n) is 6.82. The maximum absolute atomic E-state index is 11.4. The minimum atomic E-state index is -0.306. The van der Waals surface area contributed by atoms with Crippen molar-refractivity contribution in [2.45, 2.75) is 102 Å². The van der Waals surface area contributed by atoms with Gasteiger partial charge in [0.25, 0.3) is 0 Å². The average Bonchev–Trinajstić information content (AvgIpc) is 2.63. The third-order valence-corrected chi connectivity index (χ3v) is 2.94. The van der Waals surface area contributed by atoms with Crippen LogP contribution in [0.3, 0.4) is 0 Å². The zero-order valence-corrected chi connectivity index (χ0v) is 21.4. The van der Waals surface area contributed by atoms with Gasteiger partial charge in [0.05, 0.1) is 0 Å². The van der Waals surface area contributed by atoms with Crippen LogP contribution in [0.2, 0.25) is 0 Å². The molecule has 0 aliphatic carbocycles. The van der Waals surface area contributed by atoms with Gasteiger partial charge in [-0.05, 0) is 32.6 Å². The molecule has 0 saturated carbocycles. The lowest BCUT2D eigenvalue weighted by atomic mass is 9.86. The van der Waals surface area contributed by atoms with E-state index in [2.05, 4.69) is 46.2 Å². The van der Waals surface area contributed by atoms with Crippen LogP contribution in [0, 0.1) is 17.8 Å². The second kappa shape index (κ2) is 30.4. The van der Waals surface area contributed by atoms with E-state index in [1.807, 2.05) is 41.5 Å². The van der Waals surface area contributed by atoms with Gasteiger partial charge in [-0.1, -0.05) is 81.9 Å². The first-order chi connectivity index (χ1) is 13.0. The maximum atomic E-state index is 11.4. The number of ketones is 2. The summed E-state index contributed by atoms with van der Waals surface area (Å²) < 4.78 is 0. The van der Waals surface area contributed by atoms with Crippen LogP contribution in [0.25, 0.3) is 0 Å². The predicted octanol–water partition coefficient (Wildman–Crippen LogP) is 7.62. The molecule has 0 amide bonds. The van der Waals surface area contributed by atoms with Crippen molar-refractivity contribution in [3.8, 4) is 0 Å². The van der Waals surface area contributed by atoms with Crippen LogP contribution < -0.4 is 5.32 Å². The molecule has 0 bridgehead atoms. The quantitative estimate of drug-likeness (QED) is 0.406. The molecular weight excluding hydrogens is 346 g/mol. The van der Waals surface area contributed by atoms with Gasteiger partial charge in [-0.3, -0.25) is 9.59 Å². The number of Topliss-reactive ketones (excluding diaryl/α,β-unsaturated/α-hetero) is 2. The molecular formula is C25H53NO2. The number of allylic oxidation sites excluding steroid dienone is 2. The number of carbonyl (C=O) groups excluding carboxylic acids is 2. The smallest absolute Gasteiger partial charge is 0.137 e. The van der Waals surface area contributed by atoms with Crippen molar-refractivity contribution < 1.29 is 9.59 Å². The van der Waals surface area contributed by atoms with Crippen LogP contribution in [-0.4, -0.2) is 18.1 Å². The van der Waals surface area contributed by atoms with E-state index in [9.17, 15) is 9.59 Å². The monoisotopic (exact) mass is 399 g/mol. The van der Waals surface area contributed by atoms with Gasteiger partial charge in [0.15, 0.2) is 0 Å². The Balaban J connectivity index is -0.0000000987. The highest BCUT2D eigenvalue weighted by molar-refractivity contribution is 5.89. The number of rotatable bonds is 9. The number of nitrogens with one attached hydrogen (secondary N) is 1. The van der Waals surface area contributed by atoms with Crippen molar-refractivity contribution in [1.82, 2.24) is 5.32 Å². The zero-order chi connectivity index (χ0) is 23.7. The predicted molar refractivity (Wildman–Crippen MR) is 130 cm³/mol. The van der Waals surface area contributed by atoms with Crippen molar-refractivity contribution in [2.75, 3.05) is 6.54 Å². The molecule has 28 heavy (non-hydrogen) atoms. The minimum Gasteiger partial charge on any atom is -0.389 e. The fraction of sp³-hybridized carbons (Fsp3) is 0.760. The largest absolute Gasteiger partial charge is 0.389 e. The lowest BCUT2D eigenvalue weighted by molar-refractivity contribution is -0.129. The first-order valence-electron chi connectivity index (χ1n) is 11.1. The lowest BCUT2D eigenvalue weighted by Crippen LogP contribution is -2.24. The molecule has 0 fully saturated rings. The average molecular weight is 400 g/mol. The molecule has 0 aromatic heterocycles. The molecule has 1 N–H and O–H groups in total. The summed E-state index contributed by atoms with van der Waals surface area (Å²) in [4.78, 5) is 22.5. The summed E-state index contributed by atoms with van der Waals surface area (Å²) in [5.41, 5.74) is 1.06. The van der Waals surface area contributed by atoms with Crippen molar-refractivity contribution in [3.63, 3.8) is 0 Å². The summed E-state index contributed by atoms with van der Waals surface area (Å²) in [7, 11) is 0. The molecule has 3 heteroatoms. The summed E-state index contributed by atoms with van der Waals surface area (Å²) in [5, 5.41) is 3.10. The highest BCUT2D eigenvalue weighted by Crippen LogP contribution is 2.17. The van der Waals surface area contributed by atoms with Crippen LogP contribution >= 0.6 is 0 Å². The van der Waals surface area contributed by atoms with E-state index >= 15 is 0 Å². The van der Waals surface area contributed by atoms with Gasteiger partial charge in [0, 0.05) is 30.5 Å². The normalized spacial score (nSPS) is 10.6. The van der Waals surface area contributed by atoms with Crippen LogP contribution in [0.15, 0.2) is 24.9 Å². The minimum absolute atomic E-state index is 0.0203. The first-order valence-corrected chi connectivity index (χ1v) is 11.1. The molecule has 0 radical (unpaired) electrons. The van der Waals surface area contributed by atoms with Gasteiger partial charge in [-0.2, -0.15) is 0 Å². The van der Waals surface area contributed by atoms with Crippen LogP contribution in [0.5, 0.6) is 0 Å². The van der Waals surface area contributed by atoms with Gasteiger partial charge in [-0.25, -0.2) is 0 Å². The Labute approximate surface area is 178 Å². The molecule has 3 nitrogen and oxygen atoms in total. The van der Waals surface area contributed by atoms with Crippen LogP contribution in [0.4, 0.5) is 0 Å². The van der Waals surface area contributed by atoms with Crippen molar-refractivity contribution in [3.05, 3.63) is 24.9 Å². The first kappa shape index (κ1) is 37.4. The Kier molecular flexibility index (Phi) is 40.5. The van der Waals surface area contributed by atoms with E-state index < -0.39 is 0 Å². The fourth-order valence-corrected chi connectivity index (χ4v) is 1.73. The topological polar surface area (TPSA) is 46.2 Å². The van der Waals surface area contributed by atoms with E-state index in [-0.39, 0.29) is 23.4 Å². The standard InChI is InChI=1S/C11H18O2.C6H13N.C4H10.2C2H6/c1-5-7-11(13)8(3)10(6-2)9(4)12;1-4-5-7-6(2)3;1-4(2)3;2*1-2/h6,8,10H,2,5,7H2,1,3-4H3;7H,2,4-5H2,1,3H3;4H,1-3H3;2*1-2H3. The van der Waals surface area contributed by atoms with Gasteiger partial charge in [0.1, 0.15) is 11.6 Å². The Morgan fingerprint density at radius 1 is 0.929 bits per heavy atom. The van der Waals surface area contributed by atoms with Gasteiger partial charge in [-0.15, -0.1) is 6.58 Å². The molecule has 0 saturated heterocycles. The maximum Gasteiger partial charge on any atom is 0.137 e. The summed E-state index contributed by atoms with van der Waals surface area (Å²) in [6.07, 6.45) is 4.14. The lowest BCUT2D eigenvalue weighted by Gasteiger charge is -2.16. The molecule has 0 aliphatic rings. The Morgan fingerprint density at radius 3 is 1.50 bits per heavy atom. The van der Waals surface area contributed by atoms with E-state index in [0.717, 1.165) is 24.6 Å². The third-order valence-electron chi connectivity index (χ3n) is 2.94. The van der Waals surface area contributed by atoms with Crippen molar-refractivity contribution in [2.24, 2.45) is 17.8 Å². The molecule has 2 atom stereocenters. The molecule has 170 valence electrons. The van der Waals surface area contributed by atoms with E-state index in [0.29, 0.717) is 6.42 Å². The van der Waals surface area contributed by atoms with Crippen LogP contribution in [0.1, 0.15) is 102 Å². The molecule has 2 unspecified atom stereocenters. The highest BCUT2D eigenvalue weighted by atomic mass is 16.1. The van der Waals surface area contributed by atoms with Gasteiger partial charge < -0.3 is 5.32 Å². The Morgan fingerprint density at radius 2 is 1.32 bits per heavy atom. The molecule has 0 rings (SSSR count). The SMILES string of the molecule is C=C(C)NCCC.C=CC(C(C)=O)C(C)C(=O)CCC.CC.CC.CC(C)C. The summed E-state index contributed by atoms with van der Waals surface area (Å²) >= 11 is 0. The molecule has 0 aliphatic heterocycles. The molecule has 0 aromatic rings. The number of hydrogen-bond donors (Lipinski definition) is 1. The van der Waals surface area contributed by atoms with Gasteiger partial charge >= 0.3 is 0 Å². The molecule has 0 aromatic carbocycles. The van der Waals surface area contributed by atoms with Gasteiger partial charge in [0.2, 0.25) is 0 Å². The van der Waals surface area contributed by atoms with Crippen molar-refractivity contribution in [1.29, 1.82) is 0 Å². The number of carbonyl (C=O) groups is 2. The highest BCUT2D eigenvalue weighted by Gasteiger charge is 2.23. The molecule has 0 spiro atoms. The van der Waals surface area contributed by atoms with E-state index in [1.54, 1.807) is 13.0 Å². The zero-order valence-electron chi connectivity index (χ0n) is 21.4. The number of hydrogen-bond acceptors (Lipinski definition) is 3. The summed E-state index contributed by atoms with van der Waals surface area (Å²) in [6.45, 7) is 32.2. The van der Waals surface area contributed by atoms with E-state index in [4.69, 9.17) is 0 Å². The summed E-state index contributed by atoms with van der Waals surface area (Å²) in [5.74, 6) is 0.489. The van der Waals surface area contributed by atoms with Crippen LogP contribution in [-0.2, 0) is 9.59 Å². The fourth-order valence-electron chi connectivity index (χ4n) is 1.73. The third kappa shape index (κ3) is 35.7. The second-order valence-corrected chi connectivity index (χ2v) is 6.82. The Bertz CT molecular complexity index is 357. The Hall–Kier alpha value is -1.38. The summed E-state index contributed by atoms with van der Waals surface area (Å²) in [6, 6.07) is 0. The van der Waals surface area contributed by atoms with E-state index in [1.165, 1.54) is 13.3 Å². The molecule has 0 heterocycles. The van der Waals surface area contributed by atoms with Crippen molar-refractivity contribution >= 4 is 11.6 Å².